The third-order valence-corrected chi connectivity index (χ3v) is 1.95. The van der Waals surface area contributed by atoms with Crippen LogP contribution in [-0.2, 0) is 6.54 Å². The Labute approximate surface area is 91.2 Å². The highest BCUT2D eigenvalue weighted by molar-refractivity contribution is 5.34. The average Bonchev–Trinajstić information content (AvgIpc) is 2.27. The lowest BCUT2D eigenvalue weighted by Crippen LogP contribution is -2.02. The quantitative estimate of drug-likeness (QED) is 0.808. The number of aromatic nitrogens is 2. The fourth-order valence-electron chi connectivity index (χ4n) is 1.25. The van der Waals surface area contributed by atoms with E-state index in [0.717, 1.165) is 6.20 Å². The minimum atomic E-state index is -0.553. The second-order valence-electron chi connectivity index (χ2n) is 3.21. The number of nitrogens with one attached hydrogen (secondary N) is 1. The zero-order valence-electron chi connectivity index (χ0n) is 8.32. The van der Waals surface area contributed by atoms with Gasteiger partial charge in [-0.3, -0.25) is 4.98 Å². The van der Waals surface area contributed by atoms with Crippen molar-refractivity contribution in [3.8, 4) is 0 Å². The monoisotopic (exact) mass is 221 g/mol. The van der Waals surface area contributed by atoms with E-state index in [4.69, 9.17) is 0 Å². The van der Waals surface area contributed by atoms with Crippen molar-refractivity contribution in [3.05, 3.63) is 54.0 Å². The third-order valence-electron chi connectivity index (χ3n) is 1.95. The van der Waals surface area contributed by atoms with Gasteiger partial charge >= 0.3 is 0 Å². The van der Waals surface area contributed by atoms with Crippen LogP contribution in [0, 0.1) is 11.8 Å². The Morgan fingerprint density at radius 2 is 2.06 bits per heavy atom. The van der Waals surface area contributed by atoms with Crippen LogP contribution in [0.2, 0.25) is 0 Å². The van der Waals surface area contributed by atoms with Crippen molar-refractivity contribution in [1.82, 2.24) is 9.97 Å². The van der Waals surface area contributed by atoms with Gasteiger partial charge in [-0.15, -0.1) is 0 Å². The summed E-state index contributed by atoms with van der Waals surface area (Å²) in [6.07, 6.45) is 2.67. The van der Waals surface area contributed by atoms with Crippen LogP contribution in [-0.4, -0.2) is 9.97 Å². The van der Waals surface area contributed by atoms with Gasteiger partial charge in [-0.2, -0.15) is 4.39 Å². The first-order valence-electron chi connectivity index (χ1n) is 4.70. The van der Waals surface area contributed by atoms with E-state index in [-0.39, 0.29) is 0 Å². The van der Waals surface area contributed by atoms with Crippen LogP contribution in [0.5, 0.6) is 0 Å². The molecule has 2 rings (SSSR count). The summed E-state index contributed by atoms with van der Waals surface area (Å²) in [6, 6.07) is 5.80. The number of anilines is 1. The molecule has 0 atom stereocenters. The highest BCUT2D eigenvalue weighted by Gasteiger charge is 1.98. The van der Waals surface area contributed by atoms with Crippen LogP contribution < -0.4 is 5.32 Å². The minimum Gasteiger partial charge on any atom is -0.366 e. The molecule has 0 radical (unpaired) electrons. The summed E-state index contributed by atoms with van der Waals surface area (Å²) >= 11 is 0. The van der Waals surface area contributed by atoms with Crippen LogP contribution in [0.25, 0.3) is 0 Å². The van der Waals surface area contributed by atoms with E-state index in [1.165, 1.54) is 18.3 Å². The fraction of sp³-hybridized carbons (Fsp3) is 0.0909. The maximum absolute atomic E-state index is 12.8. The maximum atomic E-state index is 12.8. The van der Waals surface area contributed by atoms with Crippen LogP contribution in [0.3, 0.4) is 0 Å². The molecule has 2 aromatic rings. The van der Waals surface area contributed by atoms with E-state index in [1.807, 2.05) is 0 Å². The van der Waals surface area contributed by atoms with Crippen molar-refractivity contribution in [1.29, 1.82) is 0 Å². The normalized spacial score (nSPS) is 10.1. The van der Waals surface area contributed by atoms with Gasteiger partial charge in [0.05, 0.1) is 6.20 Å². The Kier molecular flexibility index (Phi) is 3.05. The van der Waals surface area contributed by atoms with Gasteiger partial charge in [0, 0.05) is 12.7 Å². The first-order valence-corrected chi connectivity index (χ1v) is 4.70. The van der Waals surface area contributed by atoms with E-state index in [1.54, 1.807) is 12.1 Å². The molecule has 0 aliphatic carbocycles. The number of hydrogen-bond donors (Lipinski definition) is 1. The SMILES string of the molecule is Fc1cncc(CNc2cccc(F)n2)c1. The van der Waals surface area contributed by atoms with E-state index in [0.29, 0.717) is 17.9 Å². The zero-order valence-corrected chi connectivity index (χ0v) is 8.32. The molecule has 0 aromatic carbocycles. The number of pyridine rings is 2. The van der Waals surface area contributed by atoms with Crippen molar-refractivity contribution < 1.29 is 8.78 Å². The molecule has 0 fully saturated rings. The van der Waals surface area contributed by atoms with Crippen LogP contribution in [0.4, 0.5) is 14.6 Å². The van der Waals surface area contributed by atoms with Crippen molar-refractivity contribution in [2.45, 2.75) is 6.54 Å². The predicted molar refractivity (Wildman–Crippen MR) is 55.7 cm³/mol. The molecule has 0 spiro atoms. The van der Waals surface area contributed by atoms with Crippen molar-refractivity contribution in [2.75, 3.05) is 5.32 Å². The van der Waals surface area contributed by atoms with Gasteiger partial charge in [0.15, 0.2) is 0 Å². The van der Waals surface area contributed by atoms with Gasteiger partial charge in [-0.25, -0.2) is 9.37 Å². The molecule has 0 aliphatic heterocycles. The van der Waals surface area contributed by atoms with Crippen LogP contribution in [0.1, 0.15) is 5.56 Å². The summed E-state index contributed by atoms with van der Waals surface area (Å²) in [6.45, 7) is 0.348. The molecule has 16 heavy (non-hydrogen) atoms. The molecule has 3 nitrogen and oxygen atoms in total. The molecular formula is C11H9F2N3. The lowest BCUT2D eigenvalue weighted by molar-refractivity contribution is 0.585. The Morgan fingerprint density at radius 1 is 1.19 bits per heavy atom. The lowest BCUT2D eigenvalue weighted by atomic mass is 10.3. The van der Waals surface area contributed by atoms with E-state index >= 15 is 0 Å². The van der Waals surface area contributed by atoms with E-state index < -0.39 is 11.8 Å². The highest BCUT2D eigenvalue weighted by atomic mass is 19.1. The third kappa shape index (κ3) is 2.73. The predicted octanol–water partition coefficient (Wildman–Crippen LogP) is 2.37. The standard InChI is InChI=1S/C11H9F2N3/c12-9-4-8(5-14-7-9)6-15-11-3-1-2-10(13)16-11/h1-5,7H,6H2,(H,15,16). The second-order valence-corrected chi connectivity index (χ2v) is 3.21. The van der Waals surface area contributed by atoms with Crippen molar-refractivity contribution >= 4 is 5.82 Å². The molecule has 5 heteroatoms. The summed E-state index contributed by atoms with van der Waals surface area (Å²) in [5.74, 6) is -0.543. The Bertz CT molecular complexity index is 443. The molecular weight excluding hydrogens is 212 g/mol. The van der Waals surface area contributed by atoms with Crippen molar-refractivity contribution in [2.24, 2.45) is 0 Å². The minimum absolute atomic E-state index is 0.348. The summed E-state index contributed by atoms with van der Waals surface area (Å²) in [5.41, 5.74) is 0.672. The van der Waals surface area contributed by atoms with Crippen molar-refractivity contribution in [3.63, 3.8) is 0 Å². The molecule has 0 bridgehead atoms. The Balaban J connectivity index is 2.02. The first-order chi connectivity index (χ1) is 7.74. The number of halogens is 2. The number of hydrogen-bond acceptors (Lipinski definition) is 3. The molecule has 0 aliphatic rings. The lowest BCUT2D eigenvalue weighted by Gasteiger charge is -2.04. The van der Waals surface area contributed by atoms with E-state index in [9.17, 15) is 8.78 Å². The van der Waals surface area contributed by atoms with Crippen LogP contribution in [0.15, 0.2) is 36.7 Å². The molecule has 1 N–H and O–H groups in total. The molecule has 0 saturated carbocycles. The van der Waals surface area contributed by atoms with Gasteiger partial charge in [0.2, 0.25) is 5.95 Å². The highest BCUT2D eigenvalue weighted by Crippen LogP contribution is 2.07. The van der Waals surface area contributed by atoms with Gasteiger partial charge < -0.3 is 5.32 Å². The second kappa shape index (κ2) is 4.65. The maximum Gasteiger partial charge on any atom is 0.214 e. The smallest absolute Gasteiger partial charge is 0.214 e. The van der Waals surface area contributed by atoms with E-state index in [2.05, 4.69) is 15.3 Å². The van der Waals surface area contributed by atoms with Gasteiger partial charge in [-0.05, 0) is 23.8 Å². The average molecular weight is 221 g/mol. The molecule has 82 valence electrons. The summed E-state index contributed by atoms with van der Waals surface area (Å²) in [4.78, 5) is 7.32. The molecule has 0 unspecified atom stereocenters. The number of nitrogens with zero attached hydrogens (tertiary/aromatic N) is 2. The Morgan fingerprint density at radius 3 is 2.81 bits per heavy atom. The zero-order chi connectivity index (χ0) is 11.4. The van der Waals surface area contributed by atoms with Gasteiger partial charge in [-0.1, -0.05) is 6.07 Å². The summed E-state index contributed by atoms with van der Waals surface area (Å²) < 4.78 is 25.5. The molecule has 2 heterocycles. The van der Waals surface area contributed by atoms with Crippen LogP contribution >= 0.6 is 0 Å². The van der Waals surface area contributed by atoms with Gasteiger partial charge in [0.25, 0.3) is 0 Å². The summed E-state index contributed by atoms with van der Waals surface area (Å²) in [5, 5.41) is 2.87. The Hall–Kier alpha value is -2.04. The largest absolute Gasteiger partial charge is 0.366 e. The molecule has 2 aromatic heterocycles. The topological polar surface area (TPSA) is 37.8 Å². The molecule has 0 amide bonds. The molecule has 0 saturated heterocycles. The first kappa shape index (κ1) is 10.5. The fourth-order valence-corrected chi connectivity index (χ4v) is 1.25. The summed E-state index contributed by atoms with van der Waals surface area (Å²) in [7, 11) is 0. The van der Waals surface area contributed by atoms with Gasteiger partial charge in [0.1, 0.15) is 11.6 Å². The number of rotatable bonds is 3.